The molecule has 2 unspecified atom stereocenters. The fourth-order valence-corrected chi connectivity index (χ4v) is 3.07. The molecule has 3 heteroatoms. The minimum Gasteiger partial charge on any atom is -0.315 e. The van der Waals surface area contributed by atoms with Gasteiger partial charge in [-0.2, -0.15) is 0 Å². The van der Waals surface area contributed by atoms with Crippen molar-refractivity contribution in [3.8, 4) is 0 Å². The first-order valence-corrected chi connectivity index (χ1v) is 7.15. The van der Waals surface area contributed by atoms with Crippen molar-refractivity contribution in [3.63, 3.8) is 0 Å². The van der Waals surface area contributed by atoms with Crippen LogP contribution >= 0.6 is 0 Å². The summed E-state index contributed by atoms with van der Waals surface area (Å²) in [4.78, 5) is 6.70. The Balaban J connectivity index is 2.03. The molecule has 1 aromatic rings. The quantitative estimate of drug-likeness (QED) is 0.866. The zero-order chi connectivity index (χ0) is 12.8. The van der Waals surface area contributed by atoms with E-state index in [0.29, 0.717) is 12.1 Å². The molecule has 0 aromatic carbocycles. The molecule has 0 saturated heterocycles. The molecule has 0 radical (unpaired) electrons. The van der Waals surface area contributed by atoms with Gasteiger partial charge in [0.25, 0.3) is 0 Å². The summed E-state index contributed by atoms with van der Waals surface area (Å²) < 4.78 is 0. The molecule has 0 amide bonds. The van der Waals surface area contributed by atoms with Crippen molar-refractivity contribution < 1.29 is 0 Å². The second kappa shape index (κ2) is 6.86. The number of hydrogen-bond donors (Lipinski definition) is 1. The normalized spacial score (nSPS) is 24.4. The third-order valence-electron chi connectivity index (χ3n) is 4.11. The average molecular weight is 247 g/mol. The topological polar surface area (TPSA) is 28.2 Å². The van der Waals surface area contributed by atoms with Gasteiger partial charge in [0.2, 0.25) is 0 Å². The van der Waals surface area contributed by atoms with E-state index >= 15 is 0 Å². The molecular formula is C15H25N3. The summed E-state index contributed by atoms with van der Waals surface area (Å²) in [7, 11) is 2.10. The number of nitrogens with one attached hydrogen (secondary N) is 1. The highest BCUT2D eigenvalue weighted by molar-refractivity contribution is 5.10. The molecule has 1 fully saturated rings. The molecule has 1 N–H and O–H groups in total. The van der Waals surface area contributed by atoms with E-state index in [-0.39, 0.29) is 0 Å². The van der Waals surface area contributed by atoms with Crippen molar-refractivity contribution in [2.24, 2.45) is 0 Å². The molecule has 2 rings (SSSR count). The molecular weight excluding hydrogens is 222 g/mol. The van der Waals surface area contributed by atoms with Crippen LogP contribution < -0.4 is 5.32 Å². The average Bonchev–Trinajstić information content (AvgIpc) is 2.46. The Labute approximate surface area is 111 Å². The summed E-state index contributed by atoms with van der Waals surface area (Å²) in [5, 5.41) is 3.50. The Morgan fingerprint density at radius 1 is 1.28 bits per heavy atom. The molecule has 18 heavy (non-hydrogen) atoms. The molecule has 1 aliphatic carbocycles. The minimum atomic E-state index is 0.653. The smallest absolute Gasteiger partial charge is 0.0271 e. The van der Waals surface area contributed by atoms with Gasteiger partial charge in [-0.1, -0.05) is 19.8 Å². The van der Waals surface area contributed by atoms with Gasteiger partial charge in [0, 0.05) is 31.0 Å². The standard InChI is InChI=1S/C15H25N3/c1-3-18(12-13-8-10-17-11-9-13)15-7-5-4-6-14(15)16-2/h8-11,14-16H,3-7,12H2,1-2H3. The van der Waals surface area contributed by atoms with Crippen molar-refractivity contribution in [2.45, 2.75) is 51.2 Å². The van der Waals surface area contributed by atoms with Gasteiger partial charge >= 0.3 is 0 Å². The largest absolute Gasteiger partial charge is 0.315 e. The maximum absolute atomic E-state index is 4.09. The molecule has 0 aliphatic heterocycles. The van der Waals surface area contributed by atoms with Crippen LogP contribution in [0.1, 0.15) is 38.2 Å². The van der Waals surface area contributed by atoms with E-state index in [1.54, 1.807) is 0 Å². The van der Waals surface area contributed by atoms with Crippen LogP contribution in [0.2, 0.25) is 0 Å². The van der Waals surface area contributed by atoms with Crippen molar-refractivity contribution in [2.75, 3.05) is 13.6 Å². The van der Waals surface area contributed by atoms with Crippen LogP contribution in [0.15, 0.2) is 24.5 Å². The van der Waals surface area contributed by atoms with E-state index in [1.165, 1.54) is 31.2 Å². The zero-order valence-electron chi connectivity index (χ0n) is 11.6. The van der Waals surface area contributed by atoms with Gasteiger partial charge in [-0.15, -0.1) is 0 Å². The van der Waals surface area contributed by atoms with Gasteiger partial charge in [0.05, 0.1) is 0 Å². The molecule has 1 heterocycles. The molecule has 100 valence electrons. The van der Waals surface area contributed by atoms with E-state index < -0.39 is 0 Å². The van der Waals surface area contributed by atoms with Gasteiger partial charge in [0.15, 0.2) is 0 Å². The Bertz CT molecular complexity index is 339. The van der Waals surface area contributed by atoms with Crippen LogP contribution in [0.4, 0.5) is 0 Å². The first kappa shape index (κ1) is 13.5. The lowest BCUT2D eigenvalue weighted by Gasteiger charge is -2.39. The van der Waals surface area contributed by atoms with Crippen molar-refractivity contribution in [3.05, 3.63) is 30.1 Å². The summed E-state index contributed by atoms with van der Waals surface area (Å²) in [6, 6.07) is 5.59. The lowest BCUT2D eigenvalue weighted by Crippen LogP contribution is -2.50. The molecule has 2 atom stereocenters. The Morgan fingerprint density at radius 2 is 2.00 bits per heavy atom. The first-order valence-electron chi connectivity index (χ1n) is 7.15. The summed E-state index contributed by atoms with van der Waals surface area (Å²) in [5.74, 6) is 0. The van der Waals surface area contributed by atoms with Gasteiger partial charge in [-0.25, -0.2) is 0 Å². The van der Waals surface area contributed by atoms with Crippen molar-refractivity contribution in [1.29, 1.82) is 0 Å². The second-order valence-corrected chi connectivity index (χ2v) is 5.17. The van der Waals surface area contributed by atoms with Gasteiger partial charge < -0.3 is 5.32 Å². The molecule has 1 aromatic heterocycles. The van der Waals surface area contributed by atoms with Crippen LogP contribution in [-0.4, -0.2) is 35.6 Å². The third-order valence-corrected chi connectivity index (χ3v) is 4.11. The zero-order valence-corrected chi connectivity index (χ0v) is 11.6. The minimum absolute atomic E-state index is 0.653. The summed E-state index contributed by atoms with van der Waals surface area (Å²) >= 11 is 0. The fourth-order valence-electron chi connectivity index (χ4n) is 3.07. The van der Waals surface area contributed by atoms with Crippen molar-refractivity contribution >= 4 is 0 Å². The highest BCUT2D eigenvalue weighted by Crippen LogP contribution is 2.24. The van der Waals surface area contributed by atoms with E-state index in [2.05, 4.69) is 41.3 Å². The Morgan fingerprint density at radius 3 is 2.67 bits per heavy atom. The van der Waals surface area contributed by atoms with Crippen LogP contribution in [0.25, 0.3) is 0 Å². The molecule has 0 spiro atoms. The molecule has 0 bridgehead atoms. The van der Waals surface area contributed by atoms with E-state index in [9.17, 15) is 0 Å². The van der Waals surface area contributed by atoms with Gasteiger partial charge in [0.1, 0.15) is 0 Å². The monoisotopic (exact) mass is 247 g/mol. The predicted octanol–water partition coefficient (Wildman–Crippen LogP) is 2.43. The number of likely N-dealkylation sites (N-methyl/N-ethyl adjacent to an activating group) is 2. The van der Waals surface area contributed by atoms with Gasteiger partial charge in [-0.3, -0.25) is 9.88 Å². The van der Waals surface area contributed by atoms with E-state index in [0.717, 1.165) is 13.1 Å². The number of pyridine rings is 1. The SMILES string of the molecule is CCN(Cc1ccncc1)C1CCCCC1NC. The Kier molecular flexibility index (Phi) is 5.14. The van der Waals surface area contributed by atoms with E-state index in [1.807, 2.05) is 12.4 Å². The molecule has 3 nitrogen and oxygen atoms in total. The summed E-state index contributed by atoms with van der Waals surface area (Å²) in [6.07, 6.45) is 9.15. The van der Waals surface area contributed by atoms with Crippen LogP contribution in [0.3, 0.4) is 0 Å². The number of hydrogen-bond acceptors (Lipinski definition) is 3. The lowest BCUT2D eigenvalue weighted by molar-refractivity contribution is 0.124. The Hall–Kier alpha value is -0.930. The first-order chi connectivity index (χ1) is 8.85. The fraction of sp³-hybridized carbons (Fsp3) is 0.667. The summed E-state index contributed by atoms with van der Waals surface area (Å²) in [5.41, 5.74) is 1.37. The highest BCUT2D eigenvalue weighted by atomic mass is 15.2. The van der Waals surface area contributed by atoms with Crippen LogP contribution in [-0.2, 0) is 6.54 Å². The van der Waals surface area contributed by atoms with E-state index in [4.69, 9.17) is 0 Å². The maximum Gasteiger partial charge on any atom is 0.0271 e. The lowest BCUT2D eigenvalue weighted by atomic mass is 9.89. The maximum atomic E-state index is 4.09. The van der Waals surface area contributed by atoms with Gasteiger partial charge in [-0.05, 0) is 44.1 Å². The predicted molar refractivity (Wildman–Crippen MR) is 75.4 cm³/mol. The second-order valence-electron chi connectivity index (χ2n) is 5.17. The highest BCUT2D eigenvalue weighted by Gasteiger charge is 2.28. The van der Waals surface area contributed by atoms with Crippen LogP contribution in [0.5, 0.6) is 0 Å². The van der Waals surface area contributed by atoms with Crippen LogP contribution in [0, 0.1) is 0 Å². The molecule has 1 saturated carbocycles. The summed E-state index contributed by atoms with van der Waals surface area (Å²) in [6.45, 7) is 4.43. The number of aromatic nitrogens is 1. The third kappa shape index (κ3) is 3.30. The number of nitrogens with zero attached hydrogens (tertiary/aromatic N) is 2. The molecule has 1 aliphatic rings. The van der Waals surface area contributed by atoms with Crippen molar-refractivity contribution in [1.82, 2.24) is 15.2 Å². The number of rotatable bonds is 5.